The maximum Gasteiger partial charge on any atom is 0.335 e. The number of thiazole rings is 1. The van der Waals surface area contributed by atoms with Gasteiger partial charge in [0.15, 0.2) is 4.34 Å². The Morgan fingerprint density at radius 3 is 2.88 bits per heavy atom. The average molecular weight is 334 g/mol. The molecule has 0 aliphatic carbocycles. The van der Waals surface area contributed by atoms with Crippen LogP contribution in [0.4, 0.5) is 4.39 Å². The number of carbonyl (C=O) groups is 1. The first-order chi connectivity index (χ1) is 8.06. The monoisotopic (exact) mass is 333 g/mol. The molecule has 0 bridgehead atoms. The summed E-state index contributed by atoms with van der Waals surface area (Å²) in [6, 6.07) is 3.69. The number of nitrogens with zero attached hydrogens (tertiary/aromatic N) is 1. The molecule has 0 atom stereocenters. The highest BCUT2D eigenvalue weighted by atomic mass is 79.9. The number of aromatic nitrogens is 1. The third kappa shape index (κ3) is 3.05. The van der Waals surface area contributed by atoms with Crippen LogP contribution in [-0.2, 0) is 0 Å². The van der Waals surface area contributed by atoms with E-state index in [1.165, 1.54) is 23.5 Å². The number of carboxylic acid groups (broad SMARTS) is 1. The molecule has 0 amide bonds. The summed E-state index contributed by atoms with van der Waals surface area (Å²) in [7, 11) is 0. The summed E-state index contributed by atoms with van der Waals surface area (Å²) >= 11 is 5.66. The van der Waals surface area contributed by atoms with Gasteiger partial charge < -0.3 is 5.11 Å². The summed E-state index contributed by atoms with van der Waals surface area (Å²) in [4.78, 5) is 15.1. The molecule has 0 fully saturated rings. The zero-order chi connectivity index (χ0) is 12.4. The van der Waals surface area contributed by atoms with E-state index < -0.39 is 11.8 Å². The van der Waals surface area contributed by atoms with Gasteiger partial charge in [-0.2, -0.15) is 0 Å². The number of aromatic carboxylic acids is 1. The predicted molar refractivity (Wildman–Crippen MR) is 67.3 cm³/mol. The minimum Gasteiger partial charge on any atom is -0.478 e. The highest BCUT2D eigenvalue weighted by Crippen LogP contribution is 2.33. The van der Waals surface area contributed by atoms with Gasteiger partial charge >= 0.3 is 5.97 Å². The Morgan fingerprint density at radius 1 is 1.53 bits per heavy atom. The van der Waals surface area contributed by atoms with Gasteiger partial charge in [0.2, 0.25) is 0 Å². The fraction of sp³-hybridized carbons (Fsp3) is 0. The fourth-order valence-electron chi connectivity index (χ4n) is 1.09. The first kappa shape index (κ1) is 12.5. The number of rotatable bonds is 3. The van der Waals surface area contributed by atoms with Crippen LogP contribution in [0.3, 0.4) is 0 Å². The van der Waals surface area contributed by atoms with Gasteiger partial charge in [0.05, 0.1) is 10.5 Å². The van der Waals surface area contributed by atoms with Gasteiger partial charge in [-0.1, -0.05) is 11.8 Å². The molecule has 1 heterocycles. The van der Waals surface area contributed by atoms with E-state index >= 15 is 0 Å². The molecule has 1 aromatic carbocycles. The van der Waals surface area contributed by atoms with Gasteiger partial charge in [0, 0.05) is 5.38 Å². The molecule has 0 radical (unpaired) electrons. The van der Waals surface area contributed by atoms with E-state index in [0.29, 0.717) is 8.94 Å². The summed E-state index contributed by atoms with van der Waals surface area (Å²) in [5, 5.41) is 10.6. The average Bonchev–Trinajstić information content (AvgIpc) is 2.67. The predicted octanol–water partition coefficient (Wildman–Crippen LogP) is 3.89. The zero-order valence-electron chi connectivity index (χ0n) is 8.18. The van der Waals surface area contributed by atoms with E-state index in [4.69, 9.17) is 5.11 Å². The van der Waals surface area contributed by atoms with Crippen LogP contribution in [0.1, 0.15) is 10.4 Å². The SMILES string of the molecule is O=C(O)c1ccc(F)c(Sc2nc(Br)cs2)c1. The van der Waals surface area contributed by atoms with Gasteiger partial charge in [-0.25, -0.2) is 14.2 Å². The van der Waals surface area contributed by atoms with E-state index in [0.717, 1.165) is 17.8 Å². The van der Waals surface area contributed by atoms with Crippen molar-refractivity contribution in [2.24, 2.45) is 0 Å². The van der Waals surface area contributed by atoms with Crippen molar-refractivity contribution in [3.05, 3.63) is 39.6 Å². The topological polar surface area (TPSA) is 50.2 Å². The Kier molecular flexibility index (Phi) is 3.80. The lowest BCUT2D eigenvalue weighted by atomic mass is 10.2. The molecular formula is C10H5BrFNO2S2. The lowest BCUT2D eigenvalue weighted by Gasteiger charge is -2.01. The Balaban J connectivity index is 2.31. The fourth-order valence-corrected chi connectivity index (χ4v) is 3.48. The zero-order valence-corrected chi connectivity index (χ0v) is 11.4. The molecule has 7 heteroatoms. The molecule has 2 aromatic rings. The third-order valence-electron chi connectivity index (χ3n) is 1.83. The van der Waals surface area contributed by atoms with Crippen molar-refractivity contribution >= 4 is 45.0 Å². The Bertz CT molecular complexity index is 573. The first-order valence-electron chi connectivity index (χ1n) is 4.38. The second-order valence-corrected chi connectivity index (χ2v) is 5.95. The third-order valence-corrected chi connectivity index (χ3v) is 4.51. The minimum absolute atomic E-state index is 0.0597. The molecule has 0 spiro atoms. The lowest BCUT2D eigenvalue weighted by molar-refractivity contribution is 0.0696. The molecule has 0 unspecified atom stereocenters. The van der Waals surface area contributed by atoms with Crippen LogP contribution < -0.4 is 0 Å². The number of hydrogen-bond acceptors (Lipinski definition) is 4. The molecule has 3 nitrogen and oxygen atoms in total. The maximum absolute atomic E-state index is 13.5. The van der Waals surface area contributed by atoms with Gasteiger partial charge in [-0.3, -0.25) is 0 Å². The molecule has 88 valence electrons. The van der Waals surface area contributed by atoms with Crippen molar-refractivity contribution in [2.45, 2.75) is 9.24 Å². The van der Waals surface area contributed by atoms with E-state index in [2.05, 4.69) is 20.9 Å². The summed E-state index contributed by atoms with van der Waals surface area (Å²) in [5.41, 5.74) is 0.0597. The molecular weight excluding hydrogens is 329 g/mol. The number of hydrogen-bond donors (Lipinski definition) is 1. The van der Waals surface area contributed by atoms with Gasteiger partial charge in [-0.05, 0) is 34.1 Å². The standard InChI is InChI=1S/C10H5BrFNO2S2/c11-8-4-16-10(13-8)17-7-3-5(9(14)15)1-2-6(7)12/h1-4H,(H,14,15). The van der Waals surface area contributed by atoms with Crippen LogP contribution in [0.25, 0.3) is 0 Å². The van der Waals surface area contributed by atoms with Gasteiger partial charge in [0.1, 0.15) is 10.4 Å². The van der Waals surface area contributed by atoms with Crippen LogP contribution in [0, 0.1) is 5.82 Å². The highest BCUT2D eigenvalue weighted by Gasteiger charge is 2.11. The van der Waals surface area contributed by atoms with Crippen LogP contribution >= 0.6 is 39.0 Å². The van der Waals surface area contributed by atoms with Gasteiger partial charge in [-0.15, -0.1) is 11.3 Å². The van der Waals surface area contributed by atoms with Crippen molar-refractivity contribution in [2.75, 3.05) is 0 Å². The normalized spacial score (nSPS) is 10.5. The summed E-state index contributed by atoms with van der Waals surface area (Å²) in [5.74, 6) is -1.53. The maximum atomic E-state index is 13.5. The number of benzene rings is 1. The molecule has 0 aliphatic rings. The lowest BCUT2D eigenvalue weighted by Crippen LogP contribution is -1.96. The molecule has 17 heavy (non-hydrogen) atoms. The summed E-state index contributed by atoms with van der Waals surface area (Å²) < 4.78 is 14.8. The second kappa shape index (κ2) is 5.16. The van der Waals surface area contributed by atoms with Crippen molar-refractivity contribution in [1.82, 2.24) is 4.98 Å². The van der Waals surface area contributed by atoms with E-state index in [1.54, 1.807) is 5.38 Å². The number of halogens is 2. The smallest absolute Gasteiger partial charge is 0.335 e. The quantitative estimate of drug-likeness (QED) is 0.925. The molecule has 1 aromatic heterocycles. The van der Waals surface area contributed by atoms with Crippen LogP contribution in [0.5, 0.6) is 0 Å². The Labute approximate surface area is 113 Å². The molecule has 0 saturated heterocycles. The van der Waals surface area contributed by atoms with Gasteiger partial charge in [0.25, 0.3) is 0 Å². The number of carboxylic acids is 1. The molecule has 2 rings (SSSR count). The van der Waals surface area contributed by atoms with Crippen molar-refractivity contribution < 1.29 is 14.3 Å². The Hall–Kier alpha value is -0.920. The van der Waals surface area contributed by atoms with Crippen molar-refractivity contribution in [3.63, 3.8) is 0 Å². The van der Waals surface area contributed by atoms with E-state index in [1.807, 2.05) is 0 Å². The van der Waals surface area contributed by atoms with E-state index in [9.17, 15) is 9.18 Å². The summed E-state index contributed by atoms with van der Waals surface area (Å²) in [6.45, 7) is 0. The molecule has 0 saturated carbocycles. The largest absolute Gasteiger partial charge is 0.478 e. The highest BCUT2D eigenvalue weighted by molar-refractivity contribution is 9.10. The summed E-state index contributed by atoms with van der Waals surface area (Å²) in [6.07, 6.45) is 0. The van der Waals surface area contributed by atoms with Crippen molar-refractivity contribution in [1.29, 1.82) is 0 Å². The van der Waals surface area contributed by atoms with Crippen LogP contribution in [0.2, 0.25) is 0 Å². The minimum atomic E-state index is -1.08. The second-order valence-electron chi connectivity index (χ2n) is 2.99. The Morgan fingerprint density at radius 2 is 2.29 bits per heavy atom. The van der Waals surface area contributed by atoms with Crippen LogP contribution in [0.15, 0.2) is 37.4 Å². The van der Waals surface area contributed by atoms with E-state index in [-0.39, 0.29) is 10.5 Å². The molecule has 0 aliphatic heterocycles. The van der Waals surface area contributed by atoms with Crippen molar-refractivity contribution in [3.8, 4) is 0 Å². The first-order valence-corrected chi connectivity index (χ1v) is 6.87. The van der Waals surface area contributed by atoms with Crippen LogP contribution in [-0.4, -0.2) is 16.1 Å². The molecule has 1 N–H and O–H groups in total.